The van der Waals surface area contributed by atoms with E-state index in [0.29, 0.717) is 29.8 Å². The van der Waals surface area contributed by atoms with Gasteiger partial charge in [0.05, 0.1) is 17.5 Å². The maximum Gasteiger partial charge on any atom is 0.255 e. The molecule has 27 heavy (non-hydrogen) atoms. The van der Waals surface area contributed by atoms with Crippen molar-refractivity contribution in [3.63, 3.8) is 0 Å². The molecule has 0 unspecified atom stereocenters. The van der Waals surface area contributed by atoms with Gasteiger partial charge in [0.1, 0.15) is 0 Å². The van der Waals surface area contributed by atoms with Crippen molar-refractivity contribution < 1.29 is 14.4 Å². The molecule has 5 heteroatoms. The van der Waals surface area contributed by atoms with Gasteiger partial charge in [-0.25, -0.2) is 0 Å². The number of rotatable bonds is 3. The van der Waals surface area contributed by atoms with E-state index in [1.807, 2.05) is 43.3 Å². The summed E-state index contributed by atoms with van der Waals surface area (Å²) in [5, 5.41) is 2.82. The summed E-state index contributed by atoms with van der Waals surface area (Å²) in [7, 11) is 0. The van der Waals surface area contributed by atoms with Crippen molar-refractivity contribution in [1.82, 2.24) is 0 Å². The molecule has 1 fully saturated rings. The van der Waals surface area contributed by atoms with Crippen molar-refractivity contribution in [2.45, 2.75) is 19.8 Å². The van der Waals surface area contributed by atoms with Crippen LogP contribution in [-0.4, -0.2) is 17.7 Å². The number of carbonyl (C=O) groups is 3. The first-order valence-electron chi connectivity index (χ1n) is 9.04. The van der Waals surface area contributed by atoms with Crippen LogP contribution in [-0.2, 0) is 9.59 Å². The molecular formula is C22H20N2O3. The highest BCUT2D eigenvalue weighted by molar-refractivity contribution is 6.22. The summed E-state index contributed by atoms with van der Waals surface area (Å²) in [6, 6.07) is 15.8. The van der Waals surface area contributed by atoms with Crippen LogP contribution >= 0.6 is 0 Å². The molecule has 0 aromatic heterocycles. The maximum absolute atomic E-state index is 12.8. The molecule has 0 bridgehead atoms. The van der Waals surface area contributed by atoms with Crippen LogP contribution in [0.1, 0.15) is 30.1 Å². The standard InChI is InChI=1S/C22H20N2O3/c1-14-7-12-18-19(13-14)22(27)24(21(18)26)17-10-8-15(9-11-17)20(25)23-16-5-3-2-4-6-16/h2-11,18-19H,12-13H2,1H3,(H,23,25)/t18-,19-/m0/s1. The van der Waals surface area contributed by atoms with Crippen LogP contribution in [0.4, 0.5) is 11.4 Å². The van der Waals surface area contributed by atoms with Crippen LogP contribution in [0, 0.1) is 11.8 Å². The van der Waals surface area contributed by atoms with Gasteiger partial charge in [0, 0.05) is 11.3 Å². The van der Waals surface area contributed by atoms with Crippen molar-refractivity contribution in [3.05, 3.63) is 71.8 Å². The second-order valence-electron chi connectivity index (χ2n) is 7.08. The lowest BCUT2D eigenvalue weighted by Gasteiger charge is -2.18. The monoisotopic (exact) mass is 360 g/mol. The molecule has 4 rings (SSSR count). The number of nitrogens with zero attached hydrogens (tertiary/aromatic N) is 1. The Hall–Kier alpha value is -3.21. The van der Waals surface area contributed by atoms with Gasteiger partial charge in [-0.1, -0.05) is 29.8 Å². The minimum atomic E-state index is -0.262. The molecule has 1 heterocycles. The molecule has 0 saturated carbocycles. The van der Waals surface area contributed by atoms with E-state index in [2.05, 4.69) is 5.32 Å². The van der Waals surface area contributed by atoms with Crippen molar-refractivity contribution in [2.75, 3.05) is 10.2 Å². The van der Waals surface area contributed by atoms with E-state index >= 15 is 0 Å². The highest BCUT2D eigenvalue weighted by Gasteiger charge is 2.48. The van der Waals surface area contributed by atoms with E-state index in [4.69, 9.17) is 0 Å². The zero-order chi connectivity index (χ0) is 19.0. The van der Waals surface area contributed by atoms with Crippen molar-refractivity contribution in [1.29, 1.82) is 0 Å². The molecule has 2 aliphatic rings. The average Bonchev–Trinajstić information content (AvgIpc) is 2.92. The summed E-state index contributed by atoms with van der Waals surface area (Å²) >= 11 is 0. The molecule has 0 spiro atoms. The van der Waals surface area contributed by atoms with Gasteiger partial charge in [-0.15, -0.1) is 0 Å². The van der Waals surface area contributed by atoms with Gasteiger partial charge in [-0.05, 0) is 56.2 Å². The molecule has 2 aromatic carbocycles. The lowest BCUT2D eigenvalue weighted by atomic mass is 9.82. The van der Waals surface area contributed by atoms with Gasteiger partial charge in [0.15, 0.2) is 0 Å². The van der Waals surface area contributed by atoms with Gasteiger partial charge >= 0.3 is 0 Å². The summed E-state index contributed by atoms with van der Waals surface area (Å²) in [5.41, 5.74) is 2.86. The molecule has 3 amide bonds. The van der Waals surface area contributed by atoms with Crippen LogP contribution < -0.4 is 10.2 Å². The van der Waals surface area contributed by atoms with E-state index in [0.717, 1.165) is 5.57 Å². The van der Waals surface area contributed by atoms with E-state index in [1.54, 1.807) is 24.3 Å². The lowest BCUT2D eigenvalue weighted by molar-refractivity contribution is -0.122. The third-order valence-electron chi connectivity index (χ3n) is 5.24. The Morgan fingerprint density at radius 1 is 0.963 bits per heavy atom. The molecule has 5 nitrogen and oxygen atoms in total. The topological polar surface area (TPSA) is 66.5 Å². The Morgan fingerprint density at radius 2 is 1.63 bits per heavy atom. The summed E-state index contributed by atoms with van der Waals surface area (Å²) in [4.78, 5) is 39.1. The number of amides is 3. The molecule has 2 aromatic rings. The number of fused-ring (bicyclic) bond motifs is 1. The molecule has 1 aliphatic heterocycles. The number of carbonyl (C=O) groups excluding carboxylic acids is 3. The zero-order valence-electron chi connectivity index (χ0n) is 15.0. The largest absolute Gasteiger partial charge is 0.322 e. The van der Waals surface area contributed by atoms with Gasteiger partial charge in [0.2, 0.25) is 11.8 Å². The Morgan fingerprint density at radius 3 is 2.33 bits per heavy atom. The summed E-state index contributed by atoms with van der Waals surface area (Å²) in [6.45, 7) is 2.00. The molecule has 0 radical (unpaired) electrons. The first-order valence-corrected chi connectivity index (χ1v) is 9.04. The Labute approximate surface area is 157 Å². The van der Waals surface area contributed by atoms with Gasteiger partial charge in [0.25, 0.3) is 5.91 Å². The fourth-order valence-corrected chi connectivity index (χ4v) is 3.78. The normalized spacial score (nSPS) is 21.7. The van der Waals surface area contributed by atoms with Crippen molar-refractivity contribution >= 4 is 29.1 Å². The Balaban J connectivity index is 1.52. The first kappa shape index (κ1) is 17.2. The molecule has 1 saturated heterocycles. The average molecular weight is 360 g/mol. The fourth-order valence-electron chi connectivity index (χ4n) is 3.78. The number of hydrogen-bond donors (Lipinski definition) is 1. The number of nitrogens with one attached hydrogen (secondary N) is 1. The highest BCUT2D eigenvalue weighted by Crippen LogP contribution is 2.39. The summed E-state index contributed by atoms with van der Waals surface area (Å²) < 4.78 is 0. The van der Waals surface area contributed by atoms with E-state index < -0.39 is 0 Å². The summed E-state index contributed by atoms with van der Waals surface area (Å²) in [5.74, 6) is -1.04. The van der Waals surface area contributed by atoms with Gasteiger partial charge in [-0.3, -0.25) is 19.3 Å². The number of imide groups is 1. The summed E-state index contributed by atoms with van der Waals surface area (Å²) in [6.07, 6.45) is 3.31. The smallest absolute Gasteiger partial charge is 0.255 e. The minimum Gasteiger partial charge on any atom is -0.322 e. The molecule has 2 atom stereocenters. The number of allylic oxidation sites excluding steroid dienone is 2. The van der Waals surface area contributed by atoms with Gasteiger partial charge < -0.3 is 5.32 Å². The Bertz CT molecular complexity index is 932. The van der Waals surface area contributed by atoms with Gasteiger partial charge in [-0.2, -0.15) is 0 Å². The second kappa shape index (κ2) is 6.83. The number of hydrogen-bond acceptors (Lipinski definition) is 3. The lowest BCUT2D eigenvalue weighted by Crippen LogP contribution is -2.30. The fraction of sp³-hybridized carbons (Fsp3) is 0.227. The number of anilines is 2. The zero-order valence-corrected chi connectivity index (χ0v) is 15.0. The highest BCUT2D eigenvalue weighted by atomic mass is 16.2. The van der Waals surface area contributed by atoms with Crippen LogP contribution in [0.15, 0.2) is 66.2 Å². The molecule has 136 valence electrons. The SMILES string of the molecule is CC1=CC[C@@H]2C(=O)N(c3ccc(C(=O)Nc4ccccc4)cc3)C(=O)[C@H]2C1. The third kappa shape index (κ3) is 3.16. The predicted octanol–water partition coefficient (Wildman–Crippen LogP) is 3.78. The van der Waals surface area contributed by atoms with Crippen LogP contribution in [0.25, 0.3) is 0 Å². The van der Waals surface area contributed by atoms with Crippen LogP contribution in [0.2, 0.25) is 0 Å². The number of para-hydroxylation sites is 1. The van der Waals surface area contributed by atoms with Crippen LogP contribution in [0.3, 0.4) is 0 Å². The van der Waals surface area contributed by atoms with E-state index in [9.17, 15) is 14.4 Å². The maximum atomic E-state index is 12.8. The van der Waals surface area contributed by atoms with E-state index in [1.165, 1.54) is 4.90 Å². The number of benzene rings is 2. The minimum absolute atomic E-state index is 0.140. The van der Waals surface area contributed by atoms with Crippen LogP contribution in [0.5, 0.6) is 0 Å². The molecular weight excluding hydrogens is 340 g/mol. The predicted molar refractivity (Wildman–Crippen MR) is 103 cm³/mol. The molecule has 1 N–H and O–H groups in total. The van der Waals surface area contributed by atoms with Crippen molar-refractivity contribution in [3.8, 4) is 0 Å². The first-order chi connectivity index (χ1) is 13.0. The quantitative estimate of drug-likeness (QED) is 0.669. The Kier molecular flexibility index (Phi) is 4.36. The second-order valence-corrected chi connectivity index (χ2v) is 7.08. The van der Waals surface area contributed by atoms with E-state index in [-0.39, 0.29) is 29.6 Å². The molecule has 1 aliphatic carbocycles. The third-order valence-corrected chi connectivity index (χ3v) is 5.24. The van der Waals surface area contributed by atoms with Crippen molar-refractivity contribution in [2.24, 2.45) is 11.8 Å².